The normalized spacial score (nSPS) is 19.0. The molecule has 0 radical (unpaired) electrons. The molecule has 0 saturated heterocycles. The molecule has 0 spiro atoms. The van der Waals surface area contributed by atoms with Crippen LogP contribution in [0.25, 0.3) is 0 Å². The Bertz CT molecular complexity index is 930. The van der Waals surface area contributed by atoms with E-state index in [-0.39, 0.29) is 0 Å². The van der Waals surface area contributed by atoms with Crippen LogP contribution in [0.5, 0.6) is 0 Å². The number of hydrogen-bond donors (Lipinski definition) is 0. The monoisotopic (exact) mass is 369 g/mol. The SMILES string of the molecule is Cc1cccc2c1C1c3ccccc3C2c2cccc[n+]21.[O-][Cl+3]([O-])([O-])[O-]. The van der Waals surface area contributed by atoms with Crippen LogP contribution in [0.3, 0.4) is 0 Å². The van der Waals surface area contributed by atoms with Crippen molar-refractivity contribution in [1.82, 2.24) is 0 Å². The quantitative estimate of drug-likeness (QED) is 0.326. The van der Waals surface area contributed by atoms with Gasteiger partial charge in [0.2, 0.25) is 6.04 Å². The molecular formula is C20H16ClNO4. The predicted octanol–water partition coefficient (Wildman–Crippen LogP) is -1.03. The van der Waals surface area contributed by atoms with E-state index in [4.69, 9.17) is 18.6 Å². The van der Waals surface area contributed by atoms with E-state index in [1.54, 1.807) is 0 Å². The molecule has 0 fully saturated rings. The summed E-state index contributed by atoms with van der Waals surface area (Å²) in [5, 5.41) is 0. The maximum atomic E-state index is 8.49. The molecule has 0 amide bonds. The first-order valence-electron chi connectivity index (χ1n) is 8.16. The van der Waals surface area contributed by atoms with Crippen molar-refractivity contribution in [2.24, 2.45) is 0 Å². The van der Waals surface area contributed by atoms with E-state index in [0.717, 1.165) is 0 Å². The Morgan fingerprint density at radius 2 is 1.38 bits per heavy atom. The third kappa shape index (κ3) is 2.80. The van der Waals surface area contributed by atoms with Gasteiger partial charge in [-0.25, -0.2) is 18.6 Å². The lowest BCUT2D eigenvalue weighted by Crippen LogP contribution is -2.68. The zero-order valence-corrected chi connectivity index (χ0v) is 14.7. The van der Waals surface area contributed by atoms with Crippen molar-refractivity contribution >= 4 is 0 Å². The molecule has 2 bridgehead atoms. The van der Waals surface area contributed by atoms with Crippen molar-refractivity contribution in [2.45, 2.75) is 18.9 Å². The molecule has 0 N–H and O–H groups in total. The Labute approximate surface area is 153 Å². The zero-order chi connectivity index (χ0) is 18.5. The first-order valence-corrected chi connectivity index (χ1v) is 9.40. The summed E-state index contributed by atoms with van der Waals surface area (Å²) < 4.78 is 36.4. The fourth-order valence-corrected chi connectivity index (χ4v) is 4.23. The van der Waals surface area contributed by atoms with Gasteiger partial charge in [-0.1, -0.05) is 48.5 Å². The van der Waals surface area contributed by atoms with Gasteiger partial charge in [-0.2, -0.15) is 4.57 Å². The molecule has 2 atom stereocenters. The molecule has 3 heterocycles. The van der Waals surface area contributed by atoms with E-state index in [1.165, 1.54) is 33.5 Å². The van der Waals surface area contributed by atoms with Crippen molar-refractivity contribution < 1.29 is 33.4 Å². The molecule has 2 aliphatic heterocycles. The average molecular weight is 370 g/mol. The second-order valence-electron chi connectivity index (χ2n) is 6.45. The third-order valence-corrected chi connectivity index (χ3v) is 5.04. The van der Waals surface area contributed by atoms with Gasteiger partial charge in [0.15, 0.2) is 11.9 Å². The summed E-state index contributed by atoms with van der Waals surface area (Å²) in [6.45, 7) is 2.24. The molecule has 6 rings (SSSR count). The molecule has 1 aromatic heterocycles. The predicted molar refractivity (Wildman–Crippen MR) is 82.4 cm³/mol. The van der Waals surface area contributed by atoms with Gasteiger partial charge in [0, 0.05) is 23.3 Å². The third-order valence-electron chi connectivity index (χ3n) is 5.04. The van der Waals surface area contributed by atoms with Crippen molar-refractivity contribution in [1.29, 1.82) is 0 Å². The Balaban J connectivity index is 0.000000301. The molecule has 0 saturated carbocycles. The zero-order valence-electron chi connectivity index (χ0n) is 14.0. The smallest absolute Gasteiger partial charge is 0.210 e. The van der Waals surface area contributed by atoms with Crippen LogP contribution in [0, 0.1) is 17.2 Å². The van der Waals surface area contributed by atoms with Crippen molar-refractivity contribution in [3.05, 3.63) is 100 Å². The van der Waals surface area contributed by atoms with E-state index in [2.05, 4.69) is 78.4 Å². The van der Waals surface area contributed by atoms with E-state index >= 15 is 0 Å². The Hall–Kier alpha value is -2.28. The van der Waals surface area contributed by atoms with Gasteiger partial charge in [-0.05, 0) is 23.6 Å². The van der Waals surface area contributed by atoms with Gasteiger partial charge in [0.25, 0.3) is 0 Å². The van der Waals surface area contributed by atoms with Crippen LogP contribution in [0.1, 0.15) is 45.5 Å². The van der Waals surface area contributed by atoms with Gasteiger partial charge in [0.05, 0.1) is 5.92 Å². The number of aromatic nitrogens is 1. The van der Waals surface area contributed by atoms with Gasteiger partial charge in [-0.3, -0.25) is 0 Å². The second kappa shape index (κ2) is 6.16. The summed E-state index contributed by atoms with van der Waals surface area (Å²) in [6.07, 6.45) is 2.23. The maximum Gasteiger partial charge on any atom is 0.210 e. The fourth-order valence-electron chi connectivity index (χ4n) is 4.23. The molecule has 3 aromatic rings. The lowest BCUT2D eigenvalue weighted by Gasteiger charge is -2.37. The lowest BCUT2D eigenvalue weighted by molar-refractivity contribution is -2.00. The number of nitrogens with zero attached hydrogens (tertiary/aromatic N) is 1. The summed E-state index contributed by atoms with van der Waals surface area (Å²) in [5.41, 5.74) is 8.76. The van der Waals surface area contributed by atoms with E-state index in [9.17, 15) is 0 Å². The van der Waals surface area contributed by atoms with E-state index in [0.29, 0.717) is 12.0 Å². The number of pyridine rings is 1. The number of benzene rings is 2. The fraction of sp³-hybridized carbons (Fsp3) is 0.150. The number of rotatable bonds is 0. The van der Waals surface area contributed by atoms with Gasteiger partial charge < -0.3 is 0 Å². The van der Waals surface area contributed by atoms with Crippen LogP contribution in [0.4, 0.5) is 0 Å². The topological polar surface area (TPSA) is 96.1 Å². The van der Waals surface area contributed by atoms with Crippen LogP contribution in [0.2, 0.25) is 0 Å². The second-order valence-corrected chi connectivity index (χ2v) is 7.21. The summed E-state index contributed by atoms with van der Waals surface area (Å²) in [7, 11) is -4.94. The van der Waals surface area contributed by atoms with Crippen LogP contribution in [-0.4, -0.2) is 0 Å². The summed E-state index contributed by atoms with van der Waals surface area (Å²) in [5.74, 6) is 0.377. The Kier molecular flexibility index (Phi) is 4.06. The molecule has 6 heteroatoms. The highest BCUT2D eigenvalue weighted by atomic mass is 35.7. The van der Waals surface area contributed by atoms with Gasteiger partial charge in [-0.15, -0.1) is 10.2 Å². The highest BCUT2D eigenvalue weighted by Gasteiger charge is 2.47. The van der Waals surface area contributed by atoms with E-state index < -0.39 is 10.2 Å². The minimum atomic E-state index is -4.94. The first-order chi connectivity index (χ1) is 12.4. The molecular weight excluding hydrogens is 354 g/mol. The molecule has 26 heavy (non-hydrogen) atoms. The molecule has 2 unspecified atom stereocenters. The maximum absolute atomic E-state index is 8.49. The molecule has 3 aliphatic rings. The van der Waals surface area contributed by atoms with Crippen LogP contribution in [-0.2, 0) is 0 Å². The average Bonchev–Trinajstić information content (AvgIpc) is 2.60. The van der Waals surface area contributed by atoms with Crippen molar-refractivity contribution in [2.75, 3.05) is 0 Å². The summed E-state index contributed by atoms with van der Waals surface area (Å²) in [6, 6.07) is 22.6. The van der Waals surface area contributed by atoms with E-state index in [1.807, 2.05) is 0 Å². The van der Waals surface area contributed by atoms with Crippen LogP contribution >= 0.6 is 0 Å². The Morgan fingerprint density at radius 3 is 2.12 bits per heavy atom. The van der Waals surface area contributed by atoms with Crippen molar-refractivity contribution in [3.8, 4) is 0 Å². The van der Waals surface area contributed by atoms with Crippen molar-refractivity contribution in [3.63, 3.8) is 0 Å². The Morgan fingerprint density at radius 1 is 0.769 bits per heavy atom. The van der Waals surface area contributed by atoms with Gasteiger partial charge >= 0.3 is 0 Å². The minimum Gasteiger partial charge on any atom is -0.222 e. The molecule has 5 nitrogen and oxygen atoms in total. The molecule has 2 aromatic carbocycles. The summed E-state index contributed by atoms with van der Waals surface area (Å²) in [4.78, 5) is 0. The molecule has 1 aliphatic carbocycles. The van der Waals surface area contributed by atoms with Gasteiger partial charge in [0.1, 0.15) is 0 Å². The standard InChI is InChI=1S/C20H16N.ClHO4/c1-13-7-6-10-16-18(13)20-15-9-3-2-8-14(15)19(16)17-11-4-5-12-21(17)20;2-1(3,4)5/h2-12,19-20H,1H3;(H,2,3,4,5)/q+1;/p-1. The molecule has 132 valence electrons. The highest BCUT2D eigenvalue weighted by molar-refractivity contribution is 5.58. The minimum absolute atomic E-state index is 0.332. The lowest BCUT2D eigenvalue weighted by atomic mass is 9.69. The summed E-state index contributed by atoms with van der Waals surface area (Å²) >= 11 is 0. The number of aryl methyl sites for hydroxylation is 1. The largest absolute Gasteiger partial charge is 0.222 e. The highest BCUT2D eigenvalue weighted by Crippen LogP contribution is 2.49. The van der Waals surface area contributed by atoms with Crippen LogP contribution < -0.4 is 23.2 Å². The van der Waals surface area contributed by atoms with Crippen LogP contribution in [0.15, 0.2) is 66.9 Å². The number of halogens is 1. The number of hydrogen-bond acceptors (Lipinski definition) is 4. The first kappa shape index (κ1) is 17.1.